The normalized spacial score (nSPS) is 12.8. The van der Waals surface area contributed by atoms with Crippen LogP contribution in [0.25, 0.3) is 10.9 Å². The lowest BCUT2D eigenvalue weighted by Gasteiger charge is -2.17. The molecule has 0 aliphatic heterocycles. The number of aromatic amines is 1. The Morgan fingerprint density at radius 2 is 2.00 bits per heavy atom. The molecule has 0 radical (unpaired) electrons. The Kier molecular flexibility index (Phi) is 4.83. The number of nitrogens with one attached hydrogen (secondary N) is 2. The molecule has 108 valence electrons. The van der Waals surface area contributed by atoms with Gasteiger partial charge in [0.15, 0.2) is 0 Å². The summed E-state index contributed by atoms with van der Waals surface area (Å²) in [5, 5.41) is 4.32. The lowest BCUT2D eigenvalue weighted by Crippen LogP contribution is -2.35. The molecule has 0 aliphatic rings. The zero-order valence-corrected chi connectivity index (χ0v) is 12.6. The predicted molar refractivity (Wildman–Crippen MR) is 83.7 cm³/mol. The maximum absolute atomic E-state index is 11.8. The van der Waals surface area contributed by atoms with E-state index in [0.29, 0.717) is 12.3 Å². The third-order valence-corrected chi connectivity index (χ3v) is 3.91. The number of aromatic nitrogens is 1. The SMILES string of the molecule is CC(C)C(C)NC(=O)CCCc1c[nH]c2ccccc12. The van der Waals surface area contributed by atoms with Crippen LogP contribution in [0.2, 0.25) is 0 Å². The van der Waals surface area contributed by atoms with Crippen LogP contribution in [0.5, 0.6) is 0 Å². The number of fused-ring (bicyclic) bond motifs is 1. The molecule has 0 spiro atoms. The Labute approximate surface area is 120 Å². The Morgan fingerprint density at radius 1 is 1.25 bits per heavy atom. The van der Waals surface area contributed by atoms with E-state index >= 15 is 0 Å². The lowest BCUT2D eigenvalue weighted by molar-refractivity contribution is -0.122. The van der Waals surface area contributed by atoms with E-state index in [1.807, 2.05) is 6.07 Å². The molecule has 2 rings (SSSR count). The van der Waals surface area contributed by atoms with E-state index in [9.17, 15) is 4.79 Å². The number of amides is 1. The largest absolute Gasteiger partial charge is 0.361 e. The van der Waals surface area contributed by atoms with Crippen molar-refractivity contribution in [3.05, 3.63) is 36.0 Å². The van der Waals surface area contributed by atoms with E-state index in [1.165, 1.54) is 16.5 Å². The van der Waals surface area contributed by atoms with Crippen molar-refractivity contribution in [2.45, 2.75) is 46.1 Å². The van der Waals surface area contributed by atoms with Gasteiger partial charge >= 0.3 is 0 Å². The molecule has 20 heavy (non-hydrogen) atoms. The van der Waals surface area contributed by atoms with Crippen molar-refractivity contribution in [3.63, 3.8) is 0 Å². The Hall–Kier alpha value is -1.77. The molecule has 0 fully saturated rings. The number of carbonyl (C=O) groups excluding carboxylic acids is 1. The minimum atomic E-state index is 0.158. The van der Waals surface area contributed by atoms with Crippen LogP contribution in [-0.4, -0.2) is 16.9 Å². The Bertz CT molecular complexity index is 571. The molecule has 1 amide bonds. The molecule has 0 saturated carbocycles. The summed E-state index contributed by atoms with van der Waals surface area (Å²) < 4.78 is 0. The molecule has 0 aliphatic carbocycles. The van der Waals surface area contributed by atoms with E-state index in [0.717, 1.165) is 12.8 Å². The van der Waals surface area contributed by atoms with Crippen molar-refractivity contribution in [2.24, 2.45) is 5.92 Å². The maximum atomic E-state index is 11.8. The first-order valence-corrected chi connectivity index (χ1v) is 7.42. The van der Waals surface area contributed by atoms with Gasteiger partial charge in [0.05, 0.1) is 0 Å². The fraction of sp³-hybridized carbons (Fsp3) is 0.471. The summed E-state index contributed by atoms with van der Waals surface area (Å²) in [6.45, 7) is 6.30. The first kappa shape index (κ1) is 14.6. The number of para-hydroxylation sites is 1. The topological polar surface area (TPSA) is 44.9 Å². The molecule has 0 saturated heterocycles. The summed E-state index contributed by atoms with van der Waals surface area (Å²) in [5.41, 5.74) is 2.46. The molecule has 1 atom stereocenters. The van der Waals surface area contributed by atoms with Gasteiger partial charge in [-0.25, -0.2) is 0 Å². The van der Waals surface area contributed by atoms with Crippen LogP contribution in [0, 0.1) is 5.92 Å². The molecule has 3 nitrogen and oxygen atoms in total. The standard InChI is InChI=1S/C17H24N2O/c1-12(2)13(3)19-17(20)10-6-7-14-11-18-16-9-5-4-8-15(14)16/h4-5,8-9,11-13,18H,6-7,10H2,1-3H3,(H,19,20). The average Bonchev–Trinajstić information content (AvgIpc) is 2.82. The second-order valence-electron chi connectivity index (χ2n) is 5.81. The molecule has 3 heteroatoms. The fourth-order valence-corrected chi connectivity index (χ4v) is 2.27. The Morgan fingerprint density at radius 3 is 2.75 bits per heavy atom. The average molecular weight is 272 g/mol. The number of carbonyl (C=O) groups is 1. The van der Waals surface area contributed by atoms with E-state index in [4.69, 9.17) is 0 Å². The van der Waals surface area contributed by atoms with Crippen molar-refractivity contribution < 1.29 is 4.79 Å². The van der Waals surface area contributed by atoms with Gasteiger partial charge in [-0.1, -0.05) is 32.0 Å². The number of hydrogen-bond acceptors (Lipinski definition) is 1. The monoisotopic (exact) mass is 272 g/mol. The second-order valence-corrected chi connectivity index (χ2v) is 5.81. The molecule has 1 aromatic heterocycles. The molecule has 1 unspecified atom stereocenters. The predicted octanol–water partition coefficient (Wildman–Crippen LogP) is 3.65. The number of hydrogen-bond donors (Lipinski definition) is 2. The summed E-state index contributed by atoms with van der Waals surface area (Å²) in [4.78, 5) is 15.1. The van der Waals surface area contributed by atoms with E-state index < -0.39 is 0 Å². The van der Waals surface area contributed by atoms with Gasteiger partial charge in [0.2, 0.25) is 5.91 Å². The summed E-state index contributed by atoms with van der Waals surface area (Å²) in [5.74, 6) is 0.638. The first-order valence-electron chi connectivity index (χ1n) is 7.42. The second kappa shape index (κ2) is 6.60. The highest BCUT2D eigenvalue weighted by Crippen LogP contribution is 2.19. The molecule has 1 aromatic carbocycles. The van der Waals surface area contributed by atoms with Crippen LogP contribution in [0.15, 0.2) is 30.5 Å². The van der Waals surface area contributed by atoms with Crippen molar-refractivity contribution >= 4 is 16.8 Å². The first-order chi connectivity index (χ1) is 9.58. The van der Waals surface area contributed by atoms with Gasteiger partial charge in [-0.3, -0.25) is 4.79 Å². The number of H-pyrrole nitrogens is 1. The van der Waals surface area contributed by atoms with Crippen LogP contribution in [0.3, 0.4) is 0 Å². The van der Waals surface area contributed by atoms with Crippen LogP contribution in [-0.2, 0) is 11.2 Å². The van der Waals surface area contributed by atoms with Gasteiger partial charge < -0.3 is 10.3 Å². The molecule has 0 bridgehead atoms. The van der Waals surface area contributed by atoms with Crippen LogP contribution in [0.4, 0.5) is 0 Å². The molecular formula is C17H24N2O. The highest BCUT2D eigenvalue weighted by atomic mass is 16.1. The zero-order chi connectivity index (χ0) is 14.5. The number of benzene rings is 1. The molecule has 1 heterocycles. The van der Waals surface area contributed by atoms with Crippen LogP contribution in [0.1, 0.15) is 39.2 Å². The van der Waals surface area contributed by atoms with Gasteiger partial charge in [-0.15, -0.1) is 0 Å². The summed E-state index contributed by atoms with van der Waals surface area (Å²) in [6, 6.07) is 8.54. The minimum Gasteiger partial charge on any atom is -0.361 e. The molecule has 2 N–H and O–H groups in total. The van der Waals surface area contributed by atoms with Crippen molar-refractivity contribution in [3.8, 4) is 0 Å². The highest BCUT2D eigenvalue weighted by molar-refractivity contribution is 5.83. The summed E-state index contributed by atoms with van der Waals surface area (Å²) in [6.07, 6.45) is 4.47. The fourth-order valence-electron chi connectivity index (χ4n) is 2.27. The van der Waals surface area contributed by atoms with Crippen molar-refractivity contribution in [2.75, 3.05) is 0 Å². The molecular weight excluding hydrogens is 248 g/mol. The van der Waals surface area contributed by atoms with Gasteiger partial charge in [-0.2, -0.15) is 0 Å². The van der Waals surface area contributed by atoms with Gasteiger partial charge in [0, 0.05) is 29.6 Å². The zero-order valence-electron chi connectivity index (χ0n) is 12.6. The number of aryl methyl sites for hydroxylation is 1. The van der Waals surface area contributed by atoms with Gasteiger partial charge in [0.1, 0.15) is 0 Å². The third-order valence-electron chi connectivity index (χ3n) is 3.91. The smallest absolute Gasteiger partial charge is 0.220 e. The third kappa shape index (κ3) is 3.62. The van der Waals surface area contributed by atoms with Crippen LogP contribution >= 0.6 is 0 Å². The van der Waals surface area contributed by atoms with Gasteiger partial charge in [-0.05, 0) is 37.3 Å². The quantitative estimate of drug-likeness (QED) is 0.828. The van der Waals surface area contributed by atoms with Crippen molar-refractivity contribution in [1.82, 2.24) is 10.3 Å². The lowest BCUT2D eigenvalue weighted by atomic mass is 10.0. The van der Waals surface area contributed by atoms with Crippen molar-refractivity contribution in [1.29, 1.82) is 0 Å². The minimum absolute atomic E-state index is 0.158. The summed E-state index contributed by atoms with van der Waals surface area (Å²) in [7, 11) is 0. The van der Waals surface area contributed by atoms with E-state index in [-0.39, 0.29) is 11.9 Å². The highest BCUT2D eigenvalue weighted by Gasteiger charge is 2.10. The maximum Gasteiger partial charge on any atom is 0.220 e. The summed E-state index contributed by atoms with van der Waals surface area (Å²) >= 11 is 0. The molecule has 2 aromatic rings. The van der Waals surface area contributed by atoms with Gasteiger partial charge in [0.25, 0.3) is 0 Å². The van der Waals surface area contributed by atoms with Crippen LogP contribution < -0.4 is 5.32 Å². The Balaban J connectivity index is 1.83. The number of rotatable bonds is 6. The van der Waals surface area contributed by atoms with E-state index in [2.05, 4.69) is 55.5 Å². The van der Waals surface area contributed by atoms with E-state index in [1.54, 1.807) is 0 Å².